The summed E-state index contributed by atoms with van der Waals surface area (Å²) in [5.41, 5.74) is 2.33. The Kier molecular flexibility index (Phi) is 9.46. The number of nitrogens with zero attached hydrogens (tertiary/aromatic N) is 1. The van der Waals surface area contributed by atoms with Crippen LogP contribution in [-0.4, -0.2) is 39.6 Å². The molecule has 2 aromatic rings. The molecule has 0 atom stereocenters. The van der Waals surface area contributed by atoms with E-state index < -0.39 is 5.97 Å². The predicted molar refractivity (Wildman–Crippen MR) is 118 cm³/mol. The van der Waals surface area contributed by atoms with Crippen LogP contribution >= 0.6 is 34.8 Å². The lowest BCUT2D eigenvalue weighted by molar-refractivity contribution is -0.133. The number of methoxy groups -OCH3 is 3. The van der Waals surface area contributed by atoms with Crippen LogP contribution < -0.4 is 0 Å². The number of ether oxygens (including phenoxy) is 3. The molecule has 0 aliphatic rings. The van der Waals surface area contributed by atoms with E-state index in [0.29, 0.717) is 37.5 Å². The number of halogens is 3. The summed E-state index contributed by atoms with van der Waals surface area (Å²) in [5, 5.41) is 5.47. The molecular weight excluding hydrogens is 453 g/mol. The molecular formula is C21H20Cl3NO5. The van der Waals surface area contributed by atoms with Gasteiger partial charge in [0.2, 0.25) is 0 Å². The first-order chi connectivity index (χ1) is 14.4. The highest BCUT2D eigenvalue weighted by molar-refractivity contribution is 6.37. The number of rotatable bonds is 9. The monoisotopic (exact) mass is 471 g/mol. The van der Waals surface area contributed by atoms with Crippen molar-refractivity contribution in [3.05, 3.63) is 74.4 Å². The van der Waals surface area contributed by atoms with E-state index in [0.717, 1.165) is 0 Å². The zero-order chi connectivity index (χ0) is 22.1. The number of hydrogen-bond donors (Lipinski definition) is 0. The number of esters is 1. The topological polar surface area (TPSA) is 66.4 Å². The lowest BCUT2D eigenvalue weighted by Gasteiger charge is -2.13. The summed E-state index contributed by atoms with van der Waals surface area (Å²) in [4.78, 5) is 17.7. The minimum atomic E-state index is -0.572. The fourth-order valence-electron chi connectivity index (χ4n) is 2.60. The summed E-state index contributed by atoms with van der Waals surface area (Å²) in [7, 11) is 4.24. The zero-order valence-corrected chi connectivity index (χ0v) is 18.8. The fraction of sp³-hybridized carbons (Fsp3) is 0.238. The van der Waals surface area contributed by atoms with Gasteiger partial charge in [-0.15, -0.1) is 0 Å². The Morgan fingerprint density at radius 3 is 2.43 bits per heavy atom. The molecule has 160 valence electrons. The van der Waals surface area contributed by atoms with Crippen molar-refractivity contribution in [2.75, 3.05) is 27.9 Å². The average molecular weight is 473 g/mol. The van der Waals surface area contributed by atoms with Gasteiger partial charge in [-0.25, -0.2) is 4.79 Å². The normalized spacial score (nSPS) is 11.9. The summed E-state index contributed by atoms with van der Waals surface area (Å²) in [5.74, 6) is -0.572. The van der Waals surface area contributed by atoms with E-state index in [1.54, 1.807) is 36.4 Å². The van der Waals surface area contributed by atoms with Crippen molar-refractivity contribution < 1.29 is 23.8 Å². The first-order valence-electron chi connectivity index (χ1n) is 8.65. The van der Waals surface area contributed by atoms with Gasteiger partial charge in [-0.2, -0.15) is 0 Å². The van der Waals surface area contributed by atoms with Gasteiger partial charge in [-0.05, 0) is 24.3 Å². The van der Waals surface area contributed by atoms with E-state index in [1.807, 2.05) is 0 Å². The Morgan fingerprint density at radius 2 is 1.80 bits per heavy atom. The molecule has 0 spiro atoms. The standard InChI is InChI=1S/C21H20Cl3NO5/c1-27-10-17(21(26)29-3)14-5-4-6-18(23)16(14)11-30-25-20(12-28-2)15-8-7-13(22)9-19(15)24/h4-10H,11-12H2,1-3H3/b17-10+,25-20+. The lowest BCUT2D eigenvalue weighted by atomic mass is 10.0. The van der Waals surface area contributed by atoms with Gasteiger partial charge in [-0.1, -0.05) is 52.1 Å². The fourth-order valence-corrected chi connectivity index (χ4v) is 3.34. The maximum atomic E-state index is 12.2. The first-order valence-corrected chi connectivity index (χ1v) is 9.78. The molecule has 0 saturated carbocycles. The second-order valence-electron chi connectivity index (χ2n) is 5.89. The maximum Gasteiger partial charge on any atom is 0.341 e. The minimum Gasteiger partial charge on any atom is -0.503 e. The van der Waals surface area contributed by atoms with E-state index in [1.165, 1.54) is 27.6 Å². The van der Waals surface area contributed by atoms with Crippen molar-refractivity contribution in [1.82, 2.24) is 0 Å². The Morgan fingerprint density at radius 1 is 1.03 bits per heavy atom. The summed E-state index contributed by atoms with van der Waals surface area (Å²) in [6.07, 6.45) is 1.29. The summed E-state index contributed by atoms with van der Waals surface area (Å²) in [6, 6.07) is 10.1. The first kappa shape index (κ1) is 24.0. The molecule has 0 radical (unpaired) electrons. The van der Waals surface area contributed by atoms with Crippen LogP contribution in [0, 0.1) is 0 Å². The Balaban J connectivity index is 2.35. The highest BCUT2D eigenvalue weighted by Crippen LogP contribution is 2.28. The van der Waals surface area contributed by atoms with Crippen molar-refractivity contribution in [2.45, 2.75) is 6.61 Å². The molecule has 9 heteroatoms. The SMILES string of the molecule is CO/C=C(/C(=O)OC)c1cccc(Cl)c1CO/N=C(\COC)c1ccc(Cl)cc1Cl. The number of hydrogen-bond acceptors (Lipinski definition) is 6. The molecule has 0 heterocycles. The highest BCUT2D eigenvalue weighted by Gasteiger charge is 2.19. The highest BCUT2D eigenvalue weighted by atomic mass is 35.5. The van der Waals surface area contributed by atoms with Gasteiger partial charge in [0.05, 0.1) is 32.1 Å². The average Bonchev–Trinajstić information content (AvgIpc) is 2.72. The van der Waals surface area contributed by atoms with Gasteiger partial charge in [0, 0.05) is 33.8 Å². The smallest absolute Gasteiger partial charge is 0.341 e. The largest absolute Gasteiger partial charge is 0.503 e. The molecule has 0 N–H and O–H groups in total. The van der Waals surface area contributed by atoms with Gasteiger partial charge in [-0.3, -0.25) is 0 Å². The van der Waals surface area contributed by atoms with Crippen LogP contribution in [0.5, 0.6) is 0 Å². The predicted octanol–water partition coefficient (Wildman–Crippen LogP) is 5.37. The number of benzene rings is 2. The zero-order valence-electron chi connectivity index (χ0n) is 16.6. The minimum absolute atomic E-state index is 0.0223. The van der Waals surface area contributed by atoms with Crippen LogP contribution in [0.1, 0.15) is 16.7 Å². The molecule has 2 rings (SSSR count). The molecule has 0 fully saturated rings. The third-order valence-electron chi connectivity index (χ3n) is 3.96. The quantitative estimate of drug-likeness (QED) is 0.161. The van der Waals surface area contributed by atoms with Crippen LogP contribution in [0.4, 0.5) is 0 Å². The van der Waals surface area contributed by atoms with Gasteiger partial charge in [0.25, 0.3) is 0 Å². The second-order valence-corrected chi connectivity index (χ2v) is 7.14. The molecule has 0 amide bonds. The second kappa shape index (κ2) is 11.8. The van der Waals surface area contributed by atoms with Crippen molar-refractivity contribution in [3.8, 4) is 0 Å². The van der Waals surface area contributed by atoms with Gasteiger partial charge >= 0.3 is 5.97 Å². The van der Waals surface area contributed by atoms with E-state index in [2.05, 4.69) is 5.16 Å². The van der Waals surface area contributed by atoms with E-state index >= 15 is 0 Å². The molecule has 0 unspecified atom stereocenters. The van der Waals surface area contributed by atoms with Crippen LogP contribution in [-0.2, 0) is 30.4 Å². The molecule has 0 bridgehead atoms. The van der Waals surface area contributed by atoms with Crippen LogP contribution in [0.3, 0.4) is 0 Å². The van der Waals surface area contributed by atoms with E-state index in [4.69, 9.17) is 53.9 Å². The van der Waals surface area contributed by atoms with Crippen molar-refractivity contribution >= 4 is 52.1 Å². The Labute approximate surface area is 189 Å². The molecule has 0 aliphatic heterocycles. The molecule has 30 heavy (non-hydrogen) atoms. The van der Waals surface area contributed by atoms with E-state index in [-0.39, 0.29) is 18.8 Å². The van der Waals surface area contributed by atoms with E-state index in [9.17, 15) is 4.79 Å². The Bertz CT molecular complexity index is 960. The summed E-state index contributed by atoms with van der Waals surface area (Å²) < 4.78 is 15.0. The van der Waals surface area contributed by atoms with Gasteiger partial charge in [0.15, 0.2) is 0 Å². The lowest BCUT2D eigenvalue weighted by Crippen LogP contribution is -2.11. The molecule has 0 aliphatic carbocycles. The summed E-state index contributed by atoms with van der Waals surface area (Å²) in [6.45, 7) is 0.138. The number of carbonyl (C=O) groups is 1. The molecule has 0 saturated heterocycles. The Hall–Kier alpha value is -2.25. The summed E-state index contributed by atoms with van der Waals surface area (Å²) >= 11 is 18.6. The van der Waals surface area contributed by atoms with Crippen molar-refractivity contribution in [1.29, 1.82) is 0 Å². The molecule has 0 aromatic heterocycles. The third-order valence-corrected chi connectivity index (χ3v) is 4.86. The van der Waals surface area contributed by atoms with Gasteiger partial charge < -0.3 is 19.0 Å². The maximum absolute atomic E-state index is 12.2. The number of oxime groups is 1. The van der Waals surface area contributed by atoms with Crippen LogP contribution in [0.2, 0.25) is 15.1 Å². The van der Waals surface area contributed by atoms with Crippen molar-refractivity contribution in [3.63, 3.8) is 0 Å². The van der Waals surface area contributed by atoms with Crippen LogP contribution in [0.25, 0.3) is 5.57 Å². The molecule has 2 aromatic carbocycles. The third kappa shape index (κ3) is 6.12. The van der Waals surface area contributed by atoms with Gasteiger partial charge in [0.1, 0.15) is 17.9 Å². The molecule has 6 nitrogen and oxygen atoms in total. The number of carbonyl (C=O) groups excluding carboxylic acids is 1. The van der Waals surface area contributed by atoms with Crippen LogP contribution in [0.15, 0.2) is 47.8 Å². The van der Waals surface area contributed by atoms with Crippen molar-refractivity contribution in [2.24, 2.45) is 5.16 Å².